The zero-order valence-corrected chi connectivity index (χ0v) is 18.7. The number of hydrogen-bond donors (Lipinski definition) is 2. The standard InChI is InChI=1S/C23H36N4O4/c1-26-10-12-27(13-11-26)9-8-24-23(29)20-14-18(15-21(20)25-22(28)17-30-2)16-31-19-6-4-3-5-7-19/h3-7,18,20-21H,8-17H2,1-2H3,(H,24,29)(H,25,28)/t18-,20-,21-/m1/s1. The van der Waals surface area contributed by atoms with Gasteiger partial charge in [0.25, 0.3) is 0 Å². The van der Waals surface area contributed by atoms with Crippen LogP contribution < -0.4 is 15.4 Å². The van der Waals surface area contributed by atoms with E-state index in [1.807, 2.05) is 30.3 Å². The normalized spacial score (nSPS) is 24.6. The van der Waals surface area contributed by atoms with Crippen LogP contribution in [-0.2, 0) is 14.3 Å². The molecule has 2 aliphatic rings. The SMILES string of the molecule is COCC(=O)N[C@@H]1C[C@H](COc2ccccc2)C[C@H]1C(=O)NCCN1CCN(C)CC1. The molecule has 1 aromatic carbocycles. The lowest BCUT2D eigenvalue weighted by Crippen LogP contribution is -2.48. The summed E-state index contributed by atoms with van der Waals surface area (Å²) in [5.74, 6) is 0.605. The second-order valence-corrected chi connectivity index (χ2v) is 8.61. The van der Waals surface area contributed by atoms with Crippen molar-refractivity contribution in [2.45, 2.75) is 18.9 Å². The molecule has 1 aliphatic heterocycles. The van der Waals surface area contributed by atoms with Gasteiger partial charge in [0.1, 0.15) is 12.4 Å². The van der Waals surface area contributed by atoms with E-state index in [1.54, 1.807) is 0 Å². The Kier molecular flexibility index (Phi) is 9.12. The van der Waals surface area contributed by atoms with Gasteiger partial charge in [0, 0.05) is 52.4 Å². The van der Waals surface area contributed by atoms with Crippen molar-refractivity contribution < 1.29 is 19.1 Å². The number of para-hydroxylation sites is 1. The van der Waals surface area contributed by atoms with Gasteiger partial charge in [0.2, 0.25) is 11.8 Å². The van der Waals surface area contributed by atoms with E-state index in [2.05, 4.69) is 27.5 Å². The van der Waals surface area contributed by atoms with Crippen molar-refractivity contribution >= 4 is 11.8 Å². The molecule has 1 saturated carbocycles. The van der Waals surface area contributed by atoms with Crippen molar-refractivity contribution in [2.75, 3.05) is 66.6 Å². The lowest BCUT2D eigenvalue weighted by molar-refractivity contribution is -0.128. The fraction of sp³-hybridized carbons (Fsp3) is 0.652. The van der Waals surface area contributed by atoms with Gasteiger partial charge in [-0.15, -0.1) is 0 Å². The molecule has 1 heterocycles. The average molecular weight is 433 g/mol. The van der Waals surface area contributed by atoms with E-state index in [0.717, 1.165) is 44.9 Å². The summed E-state index contributed by atoms with van der Waals surface area (Å²) in [6.07, 6.45) is 1.42. The number of rotatable bonds is 10. The summed E-state index contributed by atoms with van der Waals surface area (Å²) in [6.45, 7) is 6.21. The van der Waals surface area contributed by atoms with Crippen LogP contribution >= 0.6 is 0 Å². The van der Waals surface area contributed by atoms with Crippen LogP contribution in [0.25, 0.3) is 0 Å². The molecule has 0 radical (unpaired) electrons. The molecule has 8 heteroatoms. The van der Waals surface area contributed by atoms with E-state index in [-0.39, 0.29) is 36.3 Å². The molecule has 172 valence electrons. The minimum absolute atomic E-state index is 0.000568. The summed E-state index contributed by atoms with van der Waals surface area (Å²) in [4.78, 5) is 29.7. The molecule has 1 saturated heterocycles. The van der Waals surface area contributed by atoms with Crippen molar-refractivity contribution in [3.8, 4) is 5.75 Å². The summed E-state index contributed by atoms with van der Waals surface area (Å²) in [5, 5.41) is 6.08. The van der Waals surface area contributed by atoms with E-state index < -0.39 is 0 Å². The van der Waals surface area contributed by atoms with Gasteiger partial charge >= 0.3 is 0 Å². The molecule has 1 aromatic rings. The highest BCUT2D eigenvalue weighted by Gasteiger charge is 2.39. The maximum absolute atomic E-state index is 12.9. The minimum Gasteiger partial charge on any atom is -0.493 e. The third-order valence-electron chi connectivity index (χ3n) is 6.17. The monoisotopic (exact) mass is 432 g/mol. The van der Waals surface area contributed by atoms with E-state index in [0.29, 0.717) is 19.6 Å². The van der Waals surface area contributed by atoms with Gasteiger partial charge in [0.15, 0.2) is 0 Å². The summed E-state index contributed by atoms with van der Waals surface area (Å²) in [7, 11) is 3.63. The molecule has 3 rings (SSSR count). The Labute approximate surface area is 185 Å². The largest absolute Gasteiger partial charge is 0.493 e. The molecule has 2 amide bonds. The molecule has 2 fully saturated rings. The smallest absolute Gasteiger partial charge is 0.246 e. The van der Waals surface area contributed by atoms with Crippen LogP contribution in [0.5, 0.6) is 5.75 Å². The third kappa shape index (κ3) is 7.48. The third-order valence-corrected chi connectivity index (χ3v) is 6.17. The first-order valence-corrected chi connectivity index (χ1v) is 11.2. The molecule has 2 N–H and O–H groups in total. The first-order valence-electron chi connectivity index (χ1n) is 11.2. The van der Waals surface area contributed by atoms with Crippen molar-refractivity contribution in [1.29, 1.82) is 0 Å². The van der Waals surface area contributed by atoms with E-state index in [9.17, 15) is 9.59 Å². The molecule has 0 aromatic heterocycles. The quantitative estimate of drug-likeness (QED) is 0.563. The van der Waals surface area contributed by atoms with Crippen LogP contribution in [0.15, 0.2) is 30.3 Å². The van der Waals surface area contributed by atoms with Crippen LogP contribution in [-0.4, -0.2) is 94.3 Å². The van der Waals surface area contributed by atoms with E-state index in [4.69, 9.17) is 9.47 Å². The Morgan fingerprint density at radius 3 is 2.55 bits per heavy atom. The van der Waals surface area contributed by atoms with Crippen molar-refractivity contribution in [3.63, 3.8) is 0 Å². The van der Waals surface area contributed by atoms with Crippen LogP contribution in [0.4, 0.5) is 0 Å². The Morgan fingerprint density at radius 2 is 1.84 bits per heavy atom. The molecule has 3 atom stereocenters. The number of likely N-dealkylation sites (N-methyl/N-ethyl adjacent to an activating group) is 1. The lowest BCUT2D eigenvalue weighted by Gasteiger charge is -2.32. The van der Waals surface area contributed by atoms with E-state index >= 15 is 0 Å². The number of nitrogens with zero attached hydrogens (tertiary/aromatic N) is 2. The summed E-state index contributed by atoms with van der Waals surface area (Å²) in [5.41, 5.74) is 0. The van der Waals surface area contributed by atoms with Crippen molar-refractivity contribution in [3.05, 3.63) is 30.3 Å². The highest BCUT2D eigenvalue weighted by Crippen LogP contribution is 2.32. The second-order valence-electron chi connectivity index (χ2n) is 8.61. The fourth-order valence-electron chi connectivity index (χ4n) is 4.38. The molecule has 1 aliphatic carbocycles. The fourth-order valence-corrected chi connectivity index (χ4v) is 4.38. The Balaban J connectivity index is 1.50. The summed E-state index contributed by atoms with van der Waals surface area (Å²) >= 11 is 0. The molecular formula is C23H36N4O4. The molecule has 0 spiro atoms. The number of piperazine rings is 1. The Morgan fingerprint density at radius 1 is 1.10 bits per heavy atom. The number of methoxy groups -OCH3 is 1. The van der Waals surface area contributed by atoms with Gasteiger partial charge in [-0.2, -0.15) is 0 Å². The first kappa shape index (κ1) is 23.5. The molecule has 8 nitrogen and oxygen atoms in total. The van der Waals surface area contributed by atoms with Gasteiger partial charge in [-0.1, -0.05) is 18.2 Å². The van der Waals surface area contributed by atoms with Crippen LogP contribution in [0.3, 0.4) is 0 Å². The predicted molar refractivity (Wildman–Crippen MR) is 119 cm³/mol. The zero-order chi connectivity index (χ0) is 22.1. The Bertz CT molecular complexity index is 694. The number of hydrogen-bond acceptors (Lipinski definition) is 6. The molecule has 31 heavy (non-hydrogen) atoms. The number of benzene rings is 1. The number of ether oxygens (including phenoxy) is 2. The van der Waals surface area contributed by atoms with Gasteiger partial charge in [-0.3, -0.25) is 14.5 Å². The Hall–Kier alpha value is -2.16. The van der Waals surface area contributed by atoms with Crippen LogP contribution in [0.1, 0.15) is 12.8 Å². The summed E-state index contributed by atoms with van der Waals surface area (Å²) < 4.78 is 10.8. The topological polar surface area (TPSA) is 83.1 Å². The molecule has 0 bridgehead atoms. The van der Waals surface area contributed by atoms with Crippen LogP contribution in [0, 0.1) is 11.8 Å². The van der Waals surface area contributed by atoms with Crippen molar-refractivity contribution in [1.82, 2.24) is 20.4 Å². The van der Waals surface area contributed by atoms with Gasteiger partial charge in [-0.25, -0.2) is 0 Å². The zero-order valence-electron chi connectivity index (χ0n) is 18.7. The summed E-state index contributed by atoms with van der Waals surface area (Å²) in [6, 6.07) is 9.48. The minimum atomic E-state index is -0.252. The predicted octanol–water partition coefficient (Wildman–Crippen LogP) is 0.586. The number of carbonyl (C=O) groups is 2. The highest BCUT2D eigenvalue weighted by atomic mass is 16.5. The van der Waals surface area contributed by atoms with Crippen LogP contribution in [0.2, 0.25) is 0 Å². The number of carbonyl (C=O) groups excluding carboxylic acids is 2. The number of nitrogens with one attached hydrogen (secondary N) is 2. The van der Waals surface area contributed by atoms with Crippen molar-refractivity contribution in [2.24, 2.45) is 11.8 Å². The maximum atomic E-state index is 12.9. The molecular weight excluding hydrogens is 396 g/mol. The number of amides is 2. The second kappa shape index (κ2) is 12.0. The van der Waals surface area contributed by atoms with Gasteiger partial charge < -0.3 is 25.0 Å². The lowest BCUT2D eigenvalue weighted by atomic mass is 10.0. The average Bonchev–Trinajstić information content (AvgIpc) is 3.17. The maximum Gasteiger partial charge on any atom is 0.246 e. The van der Waals surface area contributed by atoms with Gasteiger partial charge in [-0.05, 0) is 37.9 Å². The van der Waals surface area contributed by atoms with E-state index in [1.165, 1.54) is 7.11 Å². The first-order chi connectivity index (χ1) is 15.0. The van der Waals surface area contributed by atoms with Gasteiger partial charge in [0.05, 0.1) is 12.5 Å². The highest BCUT2D eigenvalue weighted by molar-refractivity contribution is 5.82. The molecule has 0 unspecified atom stereocenters.